The lowest BCUT2D eigenvalue weighted by atomic mass is 10.2. The summed E-state index contributed by atoms with van der Waals surface area (Å²) in [6, 6.07) is 1.58. The second kappa shape index (κ2) is 8.51. The number of amides is 2. The van der Waals surface area contributed by atoms with E-state index >= 15 is 0 Å². The Kier molecular flexibility index (Phi) is 6.39. The standard InChI is InChI=1S/C14H14F3N5O2S/c1-2-22-7-19-21-14(22)25-6-11(24)18-5-10(23)20-9-4-3-8(15)12(16)13(9)17/h3-4,7H,2,5-6H2,1H3,(H,18,24)(H,20,23). The van der Waals surface area contributed by atoms with E-state index in [9.17, 15) is 22.8 Å². The summed E-state index contributed by atoms with van der Waals surface area (Å²) in [5.41, 5.74) is -0.511. The van der Waals surface area contributed by atoms with E-state index in [1.807, 2.05) is 6.92 Å². The molecule has 11 heteroatoms. The van der Waals surface area contributed by atoms with Crippen LogP contribution >= 0.6 is 11.8 Å². The number of benzene rings is 1. The molecule has 0 radical (unpaired) electrons. The van der Waals surface area contributed by atoms with Gasteiger partial charge in [0.1, 0.15) is 6.33 Å². The van der Waals surface area contributed by atoms with Gasteiger partial charge in [-0.2, -0.15) is 0 Å². The monoisotopic (exact) mass is 373 g/mol. The first-order valence-electron chi connectivity index (χ1n) is 7.13. The maximum atomic E-state index is 13.4. The van der Waals surface area contributed by atoms with Gasteiger partial charge in [-0.3, -0.25) is 9.59 Å². The minimum atomic E-state index is -1.68. The van der Waals surface area contributed by atoms with Crippen molar-refractivity contribution < 1.29 is 22.8 Å². The average Bonchev–Trinajstić information content (AvgIpc) is 3.06. The van der Waals surface area contributed by atoms with Gasteiger partial charge in [0.15, 0.2) is 22.6 Å². The van der Waals surface area contributed by atoms with Crippen LogP contribution in [0.15, 0.2) is 23.6 Å². The van der Waals surface area contributed by atoms with Gasteiger partial charge in [-0.05, 0) is 19.1 Å². The van der Waals surface area contributed by atoms with Crippen molar-refractivity contribution in [1.29, 1.82) is 0 Å². The maximum absolute atomic E-state index is 13.4. The summed E-state index contributed by atoms with van der Waals surface area (Å²) in [4.78, 5) is 23.4. The number of carbonyl (C=O) groups is 2. The first-order valence-corrected chi connectivity index (χ1v) is 8.11. The average molecular weight is 373 g/mol. The predicted octanol–water partition coefficient (Wildman–Crippen LogP) is 1.56. The molecule has 2 aromatic rings. The van der Waals surface area contributed by atoms with E-state index in [1.165, 1.54) is 6.33 Å². The fraction of sp³-hybridized carbons (Fsp3) is 0.286. The summed E-state index contributed by atoms with van der Waals surface area (Å²) < 4.78 is 41.1. The van der Waals surface area contributed by atoms with E-state index in [4.69, 9.17) is 0 Å². The molecule has 2 rings (SSSR count). The van der Waals surface area contributed by atoms with Crippen molar-refractivity contribution in [1.82, 2.24) is 20.1 Å². The van der Waals surface area contributed by atoms with Crippen LogP contribution in [-0.2, 0) is 16.1 Å². The Labute approximate surface area is 145 Å². The summed E-state index contributed by atoms with van der Waals surface area (Å²) in [6.45, 7) is 2.10. The number of carbonyl (C=O) groups excluding carboxylic acids is 2. The normalized spacial score (nSPS) is 10.6. The number of hydrogen-bond acceptors (Lipinski definition) is 5. The molecule has 1 aromatic carbocycles. The van der Waals surface area contributed by atoms with E-state index in [1.54, 1.807) is 4.57 Å². The van der Waals surface area contributed by atoms with E-state index < -0.39 is 41.5 Å². The van der Waals surface area contributed by atoms with Crippen LogP contribution in [0, 0.1) is 17.5 Å². The predicted molar refractivity (Wildman–Crippen MR) is 84.4 cm³/mol. The van der Waals surface area contributed by atoms with Crippen molar-refractivity contribution in [2.75, 3.05) is 17.6 Å². The van der Waals surface area contributed by atoms with Gasteiger partial charge in [-0.25, -0.2) is 13.2 Å². The molecule has 134 valence electrons. The Bertz CT molecular complexity index is 784. The number of nitrogens with zero attached hydrogens (tertiary/aromatic N) is 3. The summed E-state index contributed by atoms with van der Waals surface area (Å²) in [7, 11) is 0. The number of hydrogen-bond donors (Lipinski definition) is 2. The molecule has 0 spiro atoms. The third-order valence-corrected chi connectivity index (χ3v) is 3.99. The van der Waals surface area contributed by atoms with Crippen molar-refractivity contribution in [2.45, 2.75) is 18.6 Å². The van der Waals surface area contributed by atoms with Crippen LogP contribution < -0.4 is 10.6 Å². The zero-order valence-corrected chi connectivity index (χ0v) is 13.9. The van der Waals surface area contributed by atoms with Crippen LogP contribution in [-0.4, -0.2) is 38.9 Å². The molecule has 0 atom stereocenters. The van der Waals surface area contributed by atoms with Crippen LogP contribution in [0.25, 0.3) is 0 Å². The van der Waals surface area contributed by atoms with Gasteiger partial charge in [0, 0.05) is 6.54 Å². The zero-order valence-electron chi connectivity index (χ0n) is 13.1. The van der Waals surface area contributed by atoms with Crippen LogP contribution in [0.1, 0.15) is 6.92 Å². The fourth-order valence-corrected chi connectivity index (χ4v) is 2.56. The van der Waals surface area contributed by atoms with E-state index in [-0.39, 0.29) is 5.75 Å². The van der Waals surface area contributed by atoms with Crippen LogP contribution in [0.5, 0.6) is 0 Å². The Morgan fingerprint density at radius 2 is 1.96 bits per heavy atom. The number of halogens is 3. The van der Waals surface area contributed by atoms with E-state index in [0.717, 1.165) is 17.8 Å². The minimum absolute atomic E-state index is 0.00547. The largest absolute Gasteiger partial charge is 0.346 e. The Morgan fingerprint density at radius 1 is 1.20 bits per heavy atom. The molecular formula is C14H14F3N5O2S. The number of nitrogens with one attached hydrogen (secondary N) is 2. The van der Waals surface area contributed by atoms with Crippen molar-refractivity contribution in [3.8, 4) is 0 Å². The molecule has 0 bridgehead atoms. The molecule has 0 aliphatic rings. The summed E-state index contributed by atoms with van der Waals surface area (Å²) in [5.74, 6) is -5.77. The molecule has 2 N–H and O–H groups in total. The van der Waals surface area contributed by atoms with Crippen LogP contribution in [0.4, 0.5) is 18.9 Å². The third kappa shape index (κ3) is 4.95. The molecular weight excluding hydrogens is 359 g/mol. The smallest absolute Gasteiger partial charge is 0.243 e. The van der Waals surface area contributed by atoms with Crippen molar-refractivity contribution in [3.63, 3.8) is 0 Å². The van der Waals surface area contributed by atoms with E-state index in [0.29, 0.717) is 17.8 Å². The summed E-state index contributed by atoms with van der Waals surface area (Å²) in [5, 5.41) is 12.5. The SMILES string of the molecule is CCn1cnnc1SCC(=O)NCC(=O)Nc1ccc(F)c(F)c1F. The molecule has 0 fully saturated rings. The van der Waals surface area contributed by atoms with Gasteiger partial charge in [0.2, 0.25) is 11.8 Å². The highest BCUT2D eigenvalue weighted by Gasteiger charge is 2.15. The molecule has 2 amide bonds. The van der Waals surface area contributed by atoms with Crippen molar-refractivity contribution in [3.05, 3.63) is 35.9 Å². The molecule has 1 aromatic heterocycles. The third-order valence-electron chi connectivity index (χ3n) is 3.01. The van der Waals surface area contributed by atoms with E-state index in [2.05, 4.69) is 20.8 Å². The quantitative estimate of drug-likeness (QED) is 0.568. The molecule has 0 aliphatic heterocycles. The highest BCUT2D eigenvalue weighted by Crippen LogP contribution is 2.19. The minimum Gasteiger partial charge on any atom is -0.346 e. The van der Waals surface area contributed by atoms with Gasteiger partial charge >= 0.3 is 0 Å². The highest BCUT2D eigenvalue weighted by molar-refractivity contribution is 7.99. The number of thioether (sulfide) groups is 1. The Hall–Kier alpha value is -2.56. The first-order chi connectivity index (χ1) is 11.9. The molecule has 25 heavy (non-hydrogen) atoms. The lowest BCUT2D eigenvalue weighted by Crippen LogP contribution is -2.34. The number of aromatic nitrogens is 3. The fourth-order valence-electron chi connectivity index (χ4n) is 1.75. The molecule has 0 aliphatic carbocycles. The number of anilines is 1. The van der Waals surface area contributed by atoms with Gasteiger partial charge in [0.05, 0.1) is 18.0 Å². The maximum Gasteiger partial charge on any atom is 0.243 e. The first kappa shape index (κ1) is 18.8. The lowest BCUT2D eigenvalue weighted by Gasteiger charge is -2.08. The number of aryl methyl sites for hydroxylation is 1. The highest BCUT2D eigenvalue weighted by atomic mass is 32.2. The van der Waals surface area contributed by atoms with Gasteiger partial charge in [-0.1, -0.05) is 11.8 Å². The number of rotatable bonds is 7. The van der Waals surface area contributed by atoms with Gasteiger partial charge < -0.3 is 15.2 Å². The molecule has 1 heterocycles. The van der Waals surface area contributed by atoms with Crippen molar-refractivity contribution >= 4 is 29.3 Å². The van der Waals surface area contributed by atoms with Gasteiger partial charge in [-0.15, -0.1) is 10.2 Å². The van der Waals surface area contributed by atoms with Gasteiger partial charge in [0.25, 0.3) is 0 Å². The Balaban J connectivity index is 1.80. The zero-order chi connectivity index (χ0) is 18.4. The van der Waals surface area contributed by atoms with Crippen LogP contribution in [0.3, 0.4) is 0 Å². The topological polar surface area (TPSA) is 88.9 Å². The Morgan fingerprint density at radius 3 is 2.68 bits per heavy atom. The lowest BCUT2D eigenvalue weighted by molar-refractivity contribution is -0.122. The molecule has 7 nitrogen and oxygen atoms in total. The summed E-state index contributed by atoms with van der Waals surface area (Å²) in [6.07, 6.45) is 1.53. The second-order valence-electron chi connectivity index (χ2n) is 4.74. The summed E-state index contributed by atoms with van der Waals surface area (Å²) >= 11 is 1.14. The van der Waals surface area contributed by atoms with Crippen LogP contribution in [0.2, 0.25) is 0 Å². The molecule has 0 saturated heterocycles. The molecule has 0 saturated carbocycles. The van der Waals surface area contributed by atoms with Crippen molar-refractivity contribution in [2.24, 2.45) is 0 Å². The molecule has 0 unspecified atom stereocenters. The second-order valence-corrected chi connectivity index (χ2v) is 5.68.